The molecule has 0 amide bonds. The maximum atomic E-state index is 2.63. The minimum atomic E-state index is -0.732. The normalized spacial score (nSPS) is 19.8. The SMILES string of the molecule is CC(C)(C)C1=C[CH]([Zr+2][CH]2C=C(C(C)(C)C)c3ccccc32)c2ccccc21.[Cl-].[Cl-]. The van der Waals surface area contributed by atoms with Crippen LogP contribution in [0.1, 0.15) is 71.0 Å². The van der Waals surface area contributed by atoms with Crippen molar-refractivity contribution in [2.75, 3.05) is 0 Å². The number of hydrogen-bond donors (Lipinski definition) is 0. The first-order valence-corrected chi connectivity index (χ1v) is 12.9. The Morgan fingerprint density at radius 3 is 1.28 bits per heavy atom. The molecule has 2 atom stereocenters. The molecule has 3 heteroatoms. The zero-order valence-corrected chi connectivity index (χ0v) is 22.2. The van der Waals surface area contributed by atoms with E-state index in [0.717, 1.165) is 0 Å². The van der Waals surface area contributed by atoms with E-state index in [0.29, 0.717) is 7.25 Å². The van der Waals surface area contributed by atoms with Crippen LogP contribution in [0.2, 0.25) is 0 Å². The van der Waals surface area contributed by atoms with Crippen LogP contribution in [0.15, 0.2) is 60.7 Å². The summed E-state index contributed by atoms with van der Waals surface area (Å²) in [7, 11) is 0. The predicted molar refractivity (Wildman–Crippen MR) is 113 cm³/mol. The van der Waals surface area contributed by atoms with Gasteiger partial charge in [0.1, 0.15) is 0 Å². The first-order chi connectivity index (χ1) is 12.7. The molecule has 2 aromatic rings. The van der Waals surface area contributed by atoms with Gasteiger partial charge >= 0.3 is 177 Å². The second kappa shape index (κ2) is 8.86. The van der Waals surface area contributed by atoms with Gasteiger partial charge in [-0.3, -0.25) is 0 Å². The molecule has 0 saturated carbocycles. The van der Waals surface area contributed by atoms with Crippen LogP contribution in [0.3, 0.4) is 0 Å². The summed E-state index contributed by atoms with van der Waals surface area (Å²) < 4.78 is 1.35. The summed E-state index contributed by atoms with van der Waals surface area (Å²) in [5, 5.41) is 0. The van der Waals surface area contributed by atoms with Gasteiger partial charge in [0.2, 0.25) is 0 Å². The van der Waals surface area contributed by atoms with Crippen molar-refractivity contribution in [2.45, 2.75) is 48.8 Å². The average molecular weight is 505 g/mol. The number of halogens is 2. The Hall–Kier alpha value is -0.617. The molecule has 0 aromatic heterocycles. The molecule has 2 aromatic carbocycles. The molecular weight excluding hydrogens is 474 g/mol. The molecule has 2 aliphatic carbocycles. The first kappa shape index (κ1) is 24.7. The van der Waals surface area contributed by atoms with E-state index in [1.807, 2.05) is 0 Å². The van der Waals surface area contributed by atoms with Gasteiger partial charge in [0.15, 0.2) is 0 Å². The van der Waals surface area contributed by atoms with E-state index in [-0.39, 0.29) is 35.6 Å². The van der Waals surface area contributed by atoms with Crippen molar-refractivity contribution in [3.05, 3.63) is 82.9 Å². The summed E-state index contributed by atoms with van der Waals surface area (Å²) in [5.74, 6) is 0. The minimum absolute atomic E-state index is 0. The fraction of sp³-hybridized carbons (Fsp3) is 0.385. The van der Waals surface area contributed by atoms with Gasteiger partial charge in [0, 0.05) is 0 Å². The zero-order chi connectivity index (χ0) is 19.4. The average Bonchev–Trinajstić information content (AvgIpc) is 3.15. The van der Waals surface area contributed by atoms with E-state index >= 15 is 0 Å². The van der Waals surface area contributed by atoms with Crippen molar-refractivity contribution >= 4 is 11.1 Å². The standard InChI is InChI=1S/2C13H15.2ClH.Zr/c2*1-13(2,3)12-9-8-10-6-4-5-7-11(10)12;;;/h2*4-9H,1-3H3;2*1H;/q;;;;+2/p-2. The Balaban J connectivity index is 0.00000150. The van der Waals surface area contributed by atoms with Crippen LogP contribution >= 0.6 is 0 Å². The van der Waals surface area contributed by atoms with Crippen LogP contribution in [-0.2, 0) is 23.2 Å². The topological polar surface area (TPSA) is 0 Å². The molecule has 152 valence electrons. The van der Waals surface area contributed by atoms with Crippen LogP contribution in [0.5, 0.6) is 0 Å². The maximum Gasteiger partial charge on any atom is -1.00 e. The monoisotopic (exact) mass is 502 g/mol. The molecule has 4 rings (SSSR count). The van der Waals surface area contributed by atoms with Crippen molar-refractivity contribution in [1.82, 2.24) is 0 Å². The van der Waals surface area contributed by atoms with E-state index in [9.17, 15) is 0 Å². The van der Waals surface area contributed by atoms with Crippen molar-refractivity contribution in [1.29, 1.82) is 0 Å². The summed E-state index contributed by atoms with van der Waals surface area (Å²) in [5.41, 5.74) is 9.71. The third kappa shape index (κ3) is 4.68. The van der Waals surface area contributed by atoms with Gasteiger partial charge in [0.05, 0.1) is 0 Å². The van der Waals surface area contributed by atoms with Crippen LogP contribution < -0.4 is 24.8 Å². The minimum Gasteiger partial charge on any atom is -1.00 e. The number of allylic oxidation sites excluding steroid dienone is 4. The Morgan fingerprint density at radius 1 is 0.586 bits per heavy atom. The molecule has 0 aliphatic heterocycles. The molecule has 0 saturated heterocycles. The Kier molecular flexibility index (Phi) is 7.53. The van der Waals surface area contributed by atoms with Crippen molar-refractivity contribution in [2.24, 2.45) is 10.8 Å². The summed E-state index contributed by atoms with van der Waals surface area (Å²) in [6.45, 7) is 14.1. The fourth-order valence-corrected chi connectivity index (χ4v) is 8.86. The summed E-state index contributed by atoms with van der Waals surface area (Å²) in [4.78, 5) is 0. The number of fused-ring (bicyclic) bond motifs is 2. The van der Waals surface area contributed by atoms with Crippen molar-refractivity contribution < 1.29 is 48.0 Å². The Morgan fingerprint density at radius 2 is 0.931 bits per heavy atom. The third-order valence-corrected chi connectivity index (χ3v) is 9.93. The molecule has 2 aliphatic rings. The molecule has 0 N–H and O–H groups in total. The molecule has 0 bridgehead atoms. The summed E-state index contributed by atoms with van der Waals surface area (Å²) in [6.07, 6.45) is 5.25. The molecular formula is C26H30Cl2Zr. The number of hydrogen-bond acceptors (Lipinski definition) is 0. The predicted octanol–water partition coefficient (Wildman–Crippen LogP) is 1.45. The number of benzene rings is 2. The second-order valence-corrected chi connectivity index (χ2v) is 13.8. The van der Waals surface area contributed by atoms with E-state index < -0.39 is 23.2 Å². The fourth-order valence-electron chi connectivity index (χ4n) is 4.50. The maximum absolute atomic E-state index is 2.63. The van der Waals surface area contributed by atoms with Crippen LogP contribution in [0, 0.1) is 10.8 Å². The molecule has 29 heavy (non-hydrogen) atoms. The van der Waals surface area contributed by atoms with Crippen molar-refractivity contribution in [3.63, 3.8) is 0 Å². The van der Waals surface area contributed by atoms with Gasteiger partial charge < -0.3 is 24.8 Å². The van der Waals surface area contributed by atoms with E-state index in [1.165, 1.54) is 11.1 Å². The molecule has 0 fully saturated rings. The van der Waals surface area contributed by atoms with Gasteiger partial charge in [-0.25, -0.2) is 0 Å². The van der Waals surface area contributed by atoms with Gasteiger partial charge in [-0.05, 0) is 0 Å². The molecule has 0 spiro atoms. The summed E-state index contributed by atoms with van der Waals surface area (Å²) >= 11 is -0.732. The van der Waals surface area contributed by atoms with Gasteiger partial charge in [-0.2, -0.15) is 0 Å². The van der Waals surface area contributed by atoms with Crippen LogP contribution in [0.25, 0.3) is 11.1 Å². The third-order valence-electron chi connectivity index (χ3n) is 5.81. The Labute approximate surface area is 200 Å². The number of rotatable bonds is 2. The van der Waals surface area contributed by atoms with Gasteiger partial charge in [-0.1, -0.05) is 0 Å². The quantitative estimate of drug-likeness (QED) is 0.581. The van der Waals surface area contributed by atoms with E-state index in [2.05, 4.69) is 102 Å². The second-order valence-electron chi connectivity index (χ2n) is 9.96. The smallest absolute Gasteiger partial charge is 1.00 e. The van der Waals surface area contributed by atoms with E-state index in [4.69, 9.17) is 0 Å². The molecule has 0 nitrogen and oxygen atoms in total. The van der Waals surface area contributed by atoms with Crippen LogP contribution in [0.4, 0.5) is 0 Å². The molecule has 0 radical (unpaired) electrons. The van der Waals surface area contributed by atoms with Crippen molar-refractivity contribution in [3.8, 4) is 0 Å². The Bertz CT molecular complexity index is 864. The van der Waals surface area contributed by atoms with Gasteiger partial charge in [0.25, 0.3) is 0 Å². The molecule has 2 unspecified atom stereocenters. The largest absolute Gasteiger partial charge is 1.00 e. The zero-order valence-electron chi connectivity index (χ0n) is 18.2. The van der Waals surface area contributed by atoms with E-state index in [1.54, 1.807) is 22.3 Å². The van der Waals surface area contributed by atoms with Crippen LogP contribution in [-0.4, -0.2) is 0 Å². The summed E-state index contributed by atoms with van der Waals surface area (Å²) in [6, 6.07) is 18.3. The first-order valence-electron chi connectivity index (χ1n) is 10.1. The van der Waals surface area contributed by atoms with Gasteiger partial charge in [-0.15, -0.1) is 0 Å². The molecule has 0 heterocycles.